The minimum atomic E-state index is -2.64. The van der Waals surface area contributed by atoms with Gasteiger partial charge in [0, 0.05) is 25.2 Å². The van der Waals surface area contributed by atoms with E-state index in [2.05, 4.69) is 23.8 Å². The van der Waals surface area contributed by atoms with Crippen LogP contribution in [0.3, 0.4) is 0 Å². The number of nitrogens with zero attached hydrogens (tertiary/aromatic N) is 3. The Hall–Kier alpha value is -3.40. The Bertz CT molecular complexity index is 1280. The number of likely N-dealkylation sites (N-methyl/N-ethyl adjacent to an activating group) is 1. The normalized spacial score (nSPS) is 19.7. The lowest BCUT2D eigenvalue weighted by atomic mass is 9.98. The Labute approximate surface area is 205 Å². The maximum Gasteiger partial charge on any atom is 0.272 e. The number of alkyl halides is 2. The number of thiophene rings is 1. The van der Waals surface area contributed by atoms with E-state index in [1.807, 2.05) is 4.57 Å². The summed E-state index contributed by atoms with van der Waals surface area (Å²) in [5.41, 5.74) is 1.78. The molecule has 0 radical (unpaired) electrons. The number of aldehydes is 1. The van der Waals surface area contributed by atoms with Crippen LogP contribution in [-0.4, -0.2) is 46.1 Å². The summed E-state index contributed by atoms with van der Waals surface area (Å²) in [6, 6.07) is 7.75. The van der Waals surface area contributed by atoms with Crippen LogP contribution in [0.1, 0.15) is 57.1 Å². The van der Waals surface area contributed by atoms with Crippen molar-refractivity contribution in [2.75, 3.05) is 18.9 Å². The summed E-state index contributed by atoms with van der Waals surface area (Å²) in [4.78, 5) is 42.4. The molecular weight excluding hydrogens is 474 g/mol. The number of anilines is 1. The van der Waals surface area contributed by atoms with Gasteiger partial charge in [0.2, 0.25) is 11.9 Å². The zero-order valence-electron chi connectivity index (χ0n) is 19.4. The van der Waals surface area contributed by atoms with Gasteiger partial charge in [0.1, 0.15) is 6.29 Å². The number of imidazole rings is 1. The van der Waals surface area contributed by atoms with Gasteiger partial charge in [-0.15, -0.1) is 11.3 Å². The number of benzene rings is 1. The number of fused-ring (bicyclic) bond motifs is 1. The summed E-state index contributed by atoms with van der Waals surface area (Å²) in [5, 5.41) is 2.79. The highest BCUT2D eigenvalue weighted by Gasteiger charge is 2.35. The zero-order chi connectivity index (χ0) is 25.3. The summed E-state index contributed by atoms with van der Waals surface area (Å²) >= 11 is 0.741. The molecule has 1 saturated carbocycles. The molecule has 0 spiro atoms. The summed E-state index contributed by atoms with van der Waals surface area (Å²) in [6.45, 7) is 6.26. The lowest BCUT2D eigenvalue weighted by Gasteiger charge is -2.23. The molecule has 184 valence electrons. The van der Waals surface area contributed by atoms with Crippen LogP contribution >= 0.6 is 11.3 Å². The summed E-state index contributed by atoms with van der Waals surface area (Å²) in [5.74, 6) is 0.180. The van der Waals surface area contributed by atoms with E-state index in [1.165, 1.54) is 18.2 Å². The fourth-order valence-electron chi connectivity index (χ4n) is 4.76. The second kappa shape index (κ2) is 10.1. The molecular formula is C25H26F2N4O3S. The molecule has 35 heavy (non-hydrogen) atoms. The van der Waals surface area contributed by atoms with E-state index in [0.29, 0.717) is 29.5 Å². The first kappa shape index (κ1) is 24.7. The van der Waals surface area contributed by atoms with Crippen LogP contribution in [-0.2, 0) is 4.79 Å². The van der Waals surface area contributed by atoms with Gasteiger partial charge in [0.15, 0.2) is 0 Å². The Morgan fingerprint density at radius 2 is 2.09 bits per heavy atom. The summed E-state index contributed by atoms with van der Waals surface area (Å²) in [6.07, 6.45) is 0.945. The van der Waals surface area contributed by atoms with E-state index >= 15 is 0 Å². The van der Waals surface area contributed by atoms with Crippen LogP contribution in [0.5, 0.6) is 0 Å². The van der Waals surface area contributed by atoms with Gasteiger partial charge < -0.3 is 9.47 Å². The third-order valence-corrected chi connectivity index (χ3v) is 7.68. The molecule has 1 N–H and O–H groups in total. The van der Waals surface area contributed by atoms with Crippen LogP contribution in [0.15, 0.2) is 43.0 Å². The van der Waals surface area contributed by atoms with Gasteiger partial charge in [0.05, 0.1) is 20.8 Å². The molecule has 3 aromatic rings. The highest BCUT2D eigenvalue weighted by Crippen LogP contribution is 2.43. The van der Waals surface area contributed by atoms with Crippen molar-refractivity contribution in [1.29, 1.82) is 0 Å². The number of aromatic nitrogens is 2. The van der Waals surface area contributed by atoms with E-state index in [4.69, 9.17) is 0 Å². The first-order chi connectivity index (χ1) is 16.7. The lowest BCUT2D eigenvalue weighted by Crippen LogP contribution is -2.31. The highest BCUT2D eigenvalue weighted by molar-refractivity contribution is 7.14. The summed E-state index contributed by atoms with van der Waals surface area (Å²) < 4.78 is 27.9. The predicted molar refractivity (Wildman–Crippen MR) is 131 cm³/mol. The molecule has 3 atom stereocenters. The molecule has 2 aromatic heterocycles. The van der Waals surface area contributed by atoms with Crippen molar-refractivity contribution in [3.05, 3.63) is 58.3 Å². The molecule has 1 aliphatic carbocycles. The number of hydrogen-bond acceptors (Lipinski definition) is 5. The van der Waals surface area contributed by atoms with Crippen molar-refractivity contribution in [2.24, 2.45) is 11.8 Å². The van der Waals surface area contributed by atoms with Crippen LogP contribution in [0, 0.1) is 11.8 Å². The minimum Gasteiger partial charge on any atom is -0.342 e. The molecule has 0 bridgehead atoms. The van der Waals surface area contributed by atoms with Gasteiger partial charge in [0.25, 0.3) is 12.3 Å². The lowest BCUT2D eigenvalue weighted by molar-refractivity contribution is -0.125. The first-order valence-electron chi connectivity index (χ1n) is 11.3. The minimum absolute atomic E-state index is 0.00965. The average Bonchev–Trinajstić information content (AvgIpc) is 3.55. The second-order valence-electron chi connectivity index (χ2n) is 8.91. The Morgan fingerprint density at radius 3 is 2.74 bits per heavy atom. The van der Waals surface area contributed by atoms with Crippen molar-refractivity contribution >= 4 is 46.4 Å². The molecule has 1 aliphatic rings. The SMILES string of the molecule is C=CC(=O)N(C)CC1C[C@@H](n2c(NC(=O)c3ccc(C(F)F)s3)nc3cc(C=O)ccc32)CC1C. The molecule has 7 nitrogen and oxygen atoms in total. The van der Waals surface area contributed by atoms with Gasteiger partial charge >= 0.3 is 0 Å². The van der Waals surface area contributed by atoms with E-state index < -0.39 is 12.3 Å². The van der Waals surface area contributed by atoms with Crippen molar-refractivity contribution in [3.63, 3.8) is 0 Å². The maximum absolute atomic E-state index is 13.0. The van der Waals surface area contributed by atoms with Gasteiger partial charge in [-0.2, -0.15) is 0 Å². The third kappa shape index (κ3) is 5.02. The Kier molecular flexibility index (Phi) is 7.11. The van der Waals surface area contributed by atoms with Gasteiger partial charge in [-0.1, -0.05) is 13.5 Å². The smallest absolute Gasteiger partial charge is 0.272 e. The molecule has 2 amide bonds. The molecule has 10 heteroatoms. The van der Waals surface area contributed by atoms with E-state index in [-0.39, 0.29) is 27.6 Å². The standard InChI is InChI=1S/C25H26F2N4O3S/c1-4-22(33)30(3)12-16-11-17(9-14(16)2)31-19-6-5-15(13-32)10-18(19)28-25(31)29-24(34)21-8-7-20(35-21)23(26)27/h4-8,10,13-14,16-17,23H,1,9,11-12H2,2-3H3,(H,28,29,34)/t14?,16?,17-/m0/s1. The molecule has 2 heterocycles. The highest BCUT2D eigenvalue weighted by atomic mass is 32.1. The van der Waals surface area contributed by atoms with Crippen molar-refractivity contribution in [3.8, 4) is 0 Å². The number of carbonyl (C=O) groups excluding carboxylic acids is 3. The largest absolute Gasteiger partial charge is 0.342 e. The number of halogens is 2. The van der Waals surface area contributed by atoms with E-state index in [9.17, 15) is 23.2 Å². The Morgan fingerprint density at radius 1 is 1.31 bits per heavy atom. The summed E-state index contributed by atoms with van der Waals surface area (Å²) in [7, 11) is 1.75. The molecule has 1 fully saturated rings. The molecule has 0 aliphatic heterocycles. The van der Waals surface area contributed by atoms with Gasteiger partial charge in [-0.05, 0) is 61.1 Å². The number of rotatable bonds is 8. The first-order valence-corrected chi connectivity index (χ1v) is 12.1. The van der Waals surface area contributed by atoms with Crippen LogP contribution in [0.2, 0.25) is 0 Å². The van der Waals surface area contributed by atoms with Gasteiger partial charge in [-0.3, -0.25) is 19.7 Å². The average molecular weight is 501 g/mol. The van der Waals surface area contributed by atoms with E-state index in [1.54, 1.807) is 30.1 Å². The van der Waals surface area contributed by atoms with E-state index in [0.717, 1.165) is 36.0 Å². The monoisotopic (exact) mass is 500 g/mol. The van der Waals surface area contributed by atoms with Crippen molar-refractivity contribution in [2.45, 2.75) is 32.2 Å². The molecule has 2 unspecified atom stereocenters. The van der Waals surface area contributed by atoms with Crippen LogP contribution < -0.4 is 5.32 Å². The predicted octanol–water partition coefficient (Wildman–Crippen LogP) is 5.33. The molecule has 1 aromatic carbocycles. The number of nitrogens with one attached hydrogen (secondary N) is 1. The van der Waals surface area contributed by atoms with Crippen molar-refractivity contribution in [1.82, 2.24) is 14.5 Å². The molecule has 0 saturated heterocycles. The Balaban J connectivity index is 1.66. The second-order valence-corrected chi connectivity index (χ2v) is 10.0. The topological polar surface area (TPSA) is 84.3 Å². The van der Waals surface area contributed by atoms with Crippen molar-refractivity contribution < 1.29 is 23.2 Å². The fourth-order valence-corrected chi connectivity index (χ4v) is 5.52. The quantitative estimate of drug-likeness (QED) is 0.335. The third-order valence-electron chi connectivity index (χ3n) is 6.59. The van der Waals surface area contributed by atoms with Gasteiger partial charge in [-0.25, -0.2) is 13.8 Å². The molecule has 4 rings (SSSR count). The van der Waals surface area contributed by atoms with Crippen LogP contribution in [0.25, 0.3) is 11.0 Å². The fraction of sp³-hybridized carbons (Fsp3) is 0.360. The maximum atomic E-state index is 13.0. The number of amides is 2. The van der Waals surface area contributed by atoms with Crippen LogP contribution in [0.4, 0.5) is 14.7 Å². The number of hydrogen-bond donors (Lipinski definition) is 1. The zero-order valence-corrected chi connectivity index (χ0v) is 20.2. The number of carbonyl (C=O) groups is 3.